The van der Waals surface area contributed by atoms with Crippen LogP contribution in [0.5, 0.6) is 0 Å². The number of Topliss-reactive ketones (excluding diaryl/α,β-unsaturated/α-hetero) is 1. The van der Waals surface area contributed by atoms with E-state index in [9.17, 15) is 19.4 Å². The number of benzene rings is 1. The van der Waals surface area contributed by atoms with E-state index in [1.165, 1.54) is 6.92 Å². The molecule has 0 saturated heterocycles. The van der Waals surface area contributed by atoms with Crippen LogP contribution in [0.15, 0.2) is 35.3 Å². The maximum absolute atomic E-state index is 11.4. The van der Waals surface area contributed by atoms with Gasteiger partial charge in [-0.25, -0.2) is 0 Å². The third-order valence-corrected chi connectivity index (χ3v) is 2.80. The zero-order valence-corrected chi connectivity index (χ0v) is 18.1. The van der Waals surface area contributed by atoms with Crippen molar-refractivity contribution in [1.82, 2.24) is 0 Å². The van der Waals surface area contributed by atoms with E-state index in [4.69, 9.17) is 9.63 Å². The molecule has 0 saturated carbocycles. The maximum Gasteiger partial charge on any atom is 1.00 e. The molecule has 0 bridgehead atoms. The number of aliphatic imine (C=N–C) groups is 1. The van der Waals surface area contributed by atoms with Gasteiger partial charge in [0.2, 0.25) is 0 Å². The second kappa shape index (κ2) is 12.6. The van der Waals surface area contributed by atoms with Crippen LogP contribution in [0.2, 0.25) is 0 Å². The Morgan fingerprint density at radius 1 is 1.35 bits per heavy atom. The SMILES string of the molecule is C[C@H](N=C([O-])OCc1ccccc1)C(=O)COP(=O)([O-])O.[Na+].[Na+]. The van der Waals surface area contributed by atoms with E-state index < -0.39 is 32.3 Å². The minimum atomic E-state index is -4.97. The van der Waals surface area contributed by atoms with E-state index in [1.54, 1.807) is 24.3 Å². The van der Waals surface area contributed by atoms with Crippen molar-refractivity contribution < 1.29 is 92.6 Å². The Morgan fingerprint density at radius 3 is 2.43 bits per heavy atom. The fourth-order valence-corrected chi connectivity index (χ4v) is 1.54. The van der Waals surface area contributed by atoms with Crippen molar-refractivity contribution in [1.29, 1.82) is 0 Å². The van der Waals surface area contributed by atoms with Gasteiger partial charge in [0.05, 0.1) is 0 Å². The minimum Gasteiger partial charge on any atom is -0.756 e. The molecule has 0 aliphatic heterocycles. The predicted molar refractivity (Wildman–Crippen MR) is 68.9 cm³/mol. The molecule has 0 aromatic heterocycles. The van der Waals surface area contributed by atoms with E-state index in [2.05, 4.69) is 9.52 Å². The molecule has 0 amide bonds. The first-order chi connectivity index (χ1) is 9.78. The van der Waals surface area contributed by atoms with Gasteiger partial charge in [-0.3, -0.25) is 14.4 Å². The molecule has 0 spiro atoms. The second-order valence-corrected chi connectivity index (χ2v) is 5.25. The molecule has 0 aliphatic carbocycles. The number of ether oxygens (including phenoxy) is 1. The first-order valence-corrected chi connectivity index (χ1v) is 7.40. The normalized spacial score (nSPS) is 14.7. The van der Waals surface area contributed by atoms with Crippen LogP contribution in [-0.4, -0.2) is 29.4 Å². The van der Waals surface area contributed by atoms with Crippen LogP contribution < -0.4 is 69.1 Å². The molecule has 1 aromatic carbocycles. The summed E-state index contributed by atoms with van der Waals surface area (Å²) in [6, 6.07) is 7.73. The van der Waals surface area contributed by atoms with Crippen molar-refractivity contribution in [2.75, 3.05) is 6.61 Å². The van der Waals surface area contributed by atoms with E-state index in [0.29, 0.717) is 0 Å². The number of nitrogens with zero attached hydrogens (tertiary/aromatic N) is 1. The summed E-state index contributed by atoms with van der Waals surface area (Å²) in [6.07, 6.45) is -0.950. The van der Waals surface area contributed by atoms with Crippen molar-refractivity contribution in [2.45, 2.75) is 19.6 Å². The molecule has 8 nitrogen and oxygen atoms in total. The molecule has 2 atom stereocenters. The number of carbonyl (C=O) groups is 1. The van der Waals surface area contributed by atoms with Gasteiger partial charge in [0.25, 0.3) is 7.82 Å². The van der Waals surface area contributed by atoms with Gasteiger partial charge in [0, 0.05) is 6.61 Å². The first-order valence-electron chi connectivity index (χ1n) is 5.90. The van der Waals surface area contributed by atoms with Gasteiger partial charge in [-0.15, -0.1) is 0 Å². The van der Waals surface area contributed by atoms with Gasteiger partial charge in [-0.2, -0.15) is 0 Å². The standard InChI is InChI=1S/C12H16NO7P.2Na/c1-9(11(14)8-20-21(16,17)18)13-12(15)19-7-10-5-3-2-4-6-10;;/h2-6,9H,7-8H2,1H3,(H,13,15)(H2,16,17,18);;/q;2*+1/p-2/t9-;;/m0../s1. The Kier molecular flexibility index (Phi) is 14.0. The number of hydrogen-bond donors (Lipinski definition) is 1. The van der Waals surface area contributed by atoms with Gasteiger partial charge < -0.3 is 24.2 Å². The molecule has 116 valence electrons. The van der Waals surface area contributed by atoms with E-state index >= 15 is 0 Å². The molecule has 0 radical (unpaired) electrons. The van der Waals surface area contributed by atoms with E-state index in [1.807, 2.05) is 6.07 Å². The van der Waals surface area contributed by atoms with E-state index in [-0.39, 0.29) is 65.7 Å². The molecule has 1 N–H and O–H groups in total. The summed E-state index contributed by atoms with van der Waals surface area (Å²) in [5.41, 5.74) is 0.760. The van der Waals surface area contributed by atoms with Crippen LogP contribution in [0.25, 0.3) is 0 Å². The van der Waals surface area contributed by atoms with E-state index in [0.717, 1.165) is 5.56 Å². The largest absolute Gasteiger partial charge is 1.00 e. The van der Waals surface area contributed by atoms with Crippen molar-refractivity contribution in [3.8, 4) is 0 Å². The molecule has 0 aliphatic rings. The van der Waals surface area contributed by atoms with Crippen LogP contribution >= 0.6 is 7.82 Å². The summed E-state index contributed by atoms with van der Waals surface area (Å²) in [5.74, 6) is -0.781. The molecule has 1 aromatic rings. The van der Waals surface area contributed by atoms with Gasteiger partial charge in [-0.05, 0) is 12.5 Å². The first kappa shape index (κ1) is 25.5. The summed E-state index contributed by atoms with van der Waals surface area (Å²) in [7, 11) is -4.97. The summed E-state index contributed by atoms with van der Waals surface area (Å²) < 4.78 is 19.1. The third-order valence-electron chi connectivity index (χ3n) is 2.34. The van der Waals surface area contributed by atoms with Crippen molar-refractivity contribution in [2.24, 2.45) is 4.99 Å². The second-order valence-electron chi connectivity index (χ2n) is 4.05. The Morgan fingerprint density at radius 2 is 1.91 bits per heavy atom. The van der Waals surface area contributed by atoms with Crippen LogP contribution in [0.1, 0.15) is 12.5 Å². The number of phosphoric ester groups is 1. The minimum absolute atomic E-state index is 0. The van der Waals surface area contributed by atoms with Gasteiger partial charge in [0.1, 0.15) is 18.7 Å². The average Bonchev–Trinajstić information content (AvgIpc) is 2.42. The van der Waals surface area contributed by atoms with Gasteiger partial charge >= 0.3 is 59.1 Å². The smallest absolute Gasteiger partial charge is 0.756 e. The van der Waals surface area contributed by atoms with Crippen molar-refractivity contribution >= 4 is 19.7 Å². The third kappa shape index (κ3) is 12.3. The summed E-state index contributed by atoms with van der Waals surface area (Å²) in [6.45, 7) is 0.392. The van der Waals surface area contributed by atoms with Crippen LogP contribution in [0.3, 0.4) is 0 Å². The Bertz CT molecular complexity index is 550. The quantitative estimate of drug-likeness (QED) is 0.221. The molecular formula is C12H14NNa2O7P. The van der Waals surface area contributed by atoms with Gasteiger partial charge in [0.15, 0.2) is 5.78 Å². The number of rotatable bonds is 7. The number of phosphoric acid groups is 1. The Hall–Kier alpha value is 0.270. The van der Waals surface area contributed by atoms with Crippen molar-refractivity contribution in [3.05, 3.63) is 35.9 Å². The molecule has 1 unspecified atom stereocenters. The summed E-state index contributed by atoms with van der Waals surface area (Å²) in [5, 5.41) is 11.4. The molecule has 1 rings (SSSR count). The summed E-state index contributed by atoms with van der Waals surface area (Å²) >= 11 is 0. The monoisotopic (exact) mass is 361 g/mol. The number of hydrogen-bond acceptors (Lipinski definition) is 7. The topological polar surface area (TPSA) is 131 Å². The van der Waals surface area contributed by atoms with Gasteiger partial charge in [-0.1, -0.05) is 30.3 Å². The zero-order valence-electron chi connectivity index (χ0n) is 13.2. The van der Waals surface area contributed by atoms with Crippen LogP contribution in [0.4, 0.5) is 0 Å². The molecule has 23 heavy (non-hydrogen) atoms. The summed E-state index contributed by atoms with van der Waals surface area (Å²) in [4.78, 5) is 33.5. The molecule has 0 fully saturated rings. The Labute approximate surface area is 178 Å². The predicted octanol–water partition coefficient (Wildman–Crippen LogP) is -6.64. The fourth-order valence-electron chi connectivity index (χ4n) is 1.25. The van der Waals surface area contributed by atoms with Crippen molar-refractivity contribution in [3.63, 3.8) is 0 Å². The zero-order chi connectivity index (χ0) is 15.9. The number of ketones is 1. The number of carbonyl (C=O) groups excluding carboxylic acids is 1. The average molecular weight is 361 g/mol. The fraction of sp³-hybridized carbons (Fsp3) is 0.333. The van der Waals surface area contributed by atoms with Crippen LogP contribution in [-0.2, 0) is 25.2 Å². The maximum atomic E-state index is 11.4. The molecule has 0 heterocycles. The van der Waals surface area contributed by atoms with Crippen LogP contribution in [0, 0.1) is 0 Å². The molecule has 11 heteroatoms. The molecular weight excluding hydrogens is 347 g/mol. The Balaban J connectivity index is 0.